The third-order valence-corrected chi connectivity index (χ3v) is 3.29. The van der Waals surface area contributed by atoms with Crippen LogP contribution in [-0.2, 0) is 6.54 Å². The van der Waals surface area contributed by atoms with Crippen LogP contribution in [0.4, 0.5) is 0 Å². The number of piperidine rings is 1. The van der Waals surface area contributed by atoms with Gasteiger partial charge in [0, 0.05) is 25.2 Å². The van der Waals surface area contributed by atoms with Gasteiger partial charge in [-0.2, -0.15) is 0 Å². The Morgan fingerprint density at radius 1 is 1.53 bits per heavy atom. The molecule has 4 nitrogen and oxygen atoms in total. The molecule has 1 aliphatic heterocycles. The first-order valence-electron chi connectivity index (χ1n) is 6.21. The lowest BCUT2D eigenvalue weighted by Gasteiger charge is -2.32. The number of likely N-dealkylation sites (N-methyl/N-ethyl adjacent to an activating group) is 1. The monoisotopic (exact) mass is 235 g/mol. The highest BCUT2D eigenvalue weighted by Crippen LogP contribution is 2.14. The Morgan fingerprint density at radius 2 is 2.41 bits per heavy atom. The molecule has 1 aliphatic rings. The van der Waals surface area contributed by atoms with E-state index in [2.05, 4.69) is 21.3 Å². The molecule has 0 saturated carbocycles. The van der Waals surface area contributed by atoms with Crippen molar-refractivity contribution in [2.75, 3.05) is 27.2 Å². The second-order valence-electron chi connectivity index (χ2n) is 4.53. The Balaban J connectivity index is 1.95. The second-order valence-corrected chi connectivity index (χ2v) is 4.53. The van der Waals surface area contributed by atoms with Gasteiger partial charge in [-0.05, 0) is 32.5 Å². The summed E-state index contributed by atoms with van der Waals surface area (Å²) in [7, 11) is 3.70. The molecule has 0 aliphatic carbocycles. The lowest BCUT2D eigenvalue weighted by Crippen LogP contribution is -2.43. The molecule has 0 spiro atoms. The zero-order chi connectivity index (χ0) is 12.1. The molecule has 1 saturated heterocycles. The van der Waals surface area contributed by atoms with E-state index in [0.717, 1.165) is 25.3 Å². The van der Waals surface area contributed by atoms with Gasteiger partial charge in [0.2, 0.25) is 5.88 Å². The predicted octanol–water partition coefficient (Wildman–Crippen LogP) is 1.27. The number of pyridine rings is 1. The quantitative estimate of drug-likeness (QED) is 0.853. The fraction of sp³-hybridized carbons (Fsp3) is 0.615. The van der Waals surface area contributed by atoms with E-state index in [4.69, 9.17) is 4.74 Å². The number of likely N-dealkylation sites (tertiary alicyclic amines) is 1. The minimum atomic E-state index is 0.620. The molecular weight excluding hydrogens is 214 g/mol. The van der Waals surface area contributed by atoms with Gasteiger partial charge in [-0.15, -0.1) is 0 Å². The topological polar surface area (TPSA) is 37.4 Å². The van der Waals surface area contributed by atoms with Crippen LogP contribution in [0.25, 0.3) is 0 Å². The van der Waals surface area contributed by atoms with Crippen molar-refractivity contribution in [2.45, 2.75) is 25.4 Å². The van der Waals surface area contributed by atoms with Crippen molar-refractivity contribution >= 4 is 0 Å². The molecule has 4 heteroatoms. The fourth-order valence-corrected chi connectivity index (χ4v) is 2.32. The Kier molecular flexibility index (Phi) is 4.34. The van der Waals surface area contributed by atoms with Crippen molar-refractivity contribution in [1.82, 2.24) is 15.2 Å². The van der Waals surface area contributed by atoms with Gasteiger partial charge >= 0.3 is 0 Å². The van der Waals surface area contributed by atoms with E-state index in [-0.39, 0.29) is 0 Å². The van der Waals surface area contributed by atoms with Crippen molar-refractivity contribution in [2.24, 2.45) is 0 Å². The van der Waals surface area contributed by atoms with Crippen LogP contribution in [-0.4, -0.2) is 43.2 Å². The lowest BCUT2D eigenvalue weighted by atomic mass is 10.1. The number of hydrogen-bond donors (Lipinski definition) is 1. The van der Waals surface area contributed by atoms with Crippen molar-refractivity contribution in [3.05, 3.63) is 23.9 Å². The number of rotatable bonds is 4. The summed E-state index contributed by atoms with van der Waals surface area (Å²) < 4.78 is 5.14. The zero-order valence-electron chi connectivity index (χ0n) is 10.6. The molecule has 1 aromatic heterocycles. The molecule has 1 N–H and O–H groups in total. The van der Waals surface area contributed by atoms with Crippen LogP contribution in [0.2, 0.25) is 0 Å². The number of nitrogens with zero attached hydrogens (tertiary/aromatic N) is 2. The van der Waals surface area contributed by atoms with Gasteiger partial charge in [0.05, 0.1) is 12.8 Å². The fourth-order valence-electron chi connectivity index (χ4n) is 2.32. The summed E-state index contributed by atoms with van der Waals surface area (Å²) in [5.74, 6) is 0.699. The van der Waals surface area contributed by atoms with Crippen LogP contribution in [0, 0.1) is 0 Å². The van der Waals surface area contributed by atoms with Crippen LogP contribution in [0.3, 0.4) is 0 Å². The number of hydrogen-bond acceptors (Lipinski definition) is 4. The minimum Gasteiger partial charge on any atom is -0.481 e. The standard InChI is InChI=1S/C13H21N3O/c1-14-11-6-4-8-16(9-11)10-12-5-3-7-13(15-12)17-2/h3,5,7,11,14H,4,6,8-10H2,1-2H3. The highest BCUT2D eigenvalue weighted by Gasteiger charge is 2.18. The Bertz CT molecular complexity index is 356. The van der Waals surface area contributed by atoms with E-state index in [1.54, 1.807) is 7.11 Å². The molecule has 1 aromatic rings. The number of nitrogens with one attached hydrogen (secondary N) is 1. The number of methoxy groups -OCH3 is 1. The third kappa shape index (κ3) is 3.41. The van der Waals surface area contributed by atoms with Crippen LogP contribution in [0.15, 0.2) is 18.2 Å². The SMILES string of the molecule is CNC1CCCN(Cc2cccc(OC)n2)C1. The first-order chi connectivity index (χ1) is 8.31. The van der Waals surface area contributed by atoms with E-state index in [9.17, 15) is 0 Å². The summed E-state index contributed by atoms with van der Waals surface area (Å²) in [6, 6.07) is 6.57. The molecule has 1 unspecified atom stereocenters. The number of aromatic nitrogens is 1. The van der Waals surface area contributed by atoms with Crippen molar-refractivity contribution in [1.29, 1.82) is 0 Å². The van der Waals surface area contributed by atoms with Crippen molar-refractivity contribution in [3.63, 3.8) is 0 Å². The van der Waals surface area contributed by atoms with E-state index < -0.39 is 0 Å². The molecule has 0 amide bonds. The molecule has 2 rings (SSSR count). The molecule has 0 aromatic carbocycles. The van der Waals surface area contributed by atoms with Gasteiger partial charge in [-0.1, -0.05) is 6.07 Å². The molecule has 0 radical (unpaired) electrons. The summed E-state index contributed by atoms with van der Waals surface area (Å²) >= 11 is 0. The molecular formula is C13H21N3O. The summed E-state index contributed by atoms with van der Waals surface area (Å²) in [6.07, 6.45) is 2.54. The molecule has 1 fully saturated rings. The highest BCUT2D eigenvalue weighted by molar-refractivity contribution is 5.15. The van der Waals surface area contributed by atoms with E-state index in [1.165, 1.54) is 12.8 Å². The summed E-state index contributed by atoms with van der Waals surface area (Å²) in [5.41, 5.74) is 1.08. The number of ether oxygens (including phenoxy) is 1. The van der Waals surface area contributed by atoms with Crippen LogP contribution in [0.1, 0.15) is 18.5 Å². The Morgan fingerprint density at radius 3 is 3.18 bits per heavy atom. The van der Waals surface area contributed by atoms with Gasteiger partial charge in [-0.3, -0.25) is 4.90 Å². The first-order valence-corrected chi connectivity index (χ1v) is 6.21. The highest BCUT2D eigenvalue weighted by atomic mass is 16.5. The smallest absolute Gasteiger partial charge is 0.213 e. The van der Waals surface area contributed by atoms with E-state index >= 15 is 0 Å². The summed E-state index contributed by atoms with van der Waals surface area (Å²) in [6.45, 7) is 3.18. The molecule has 17 heavy (non-hydrogen) atoms. The molecule has 1 atom stereocenters. The predicted molar refractivity (Wildman–Crippen MR) is 68.1 cm³/mol. The largest absolute Gasteiger partial charge is 0.481 e. The lowest BCUT2D eigenvalue weighted by molar-refractivity contribution is 0.185. The average Bonchev–Trinajstić information content (AvgIpc) is 2.39. The normalized spacial score (nSPS) is 21.4. The maximum absolute atomic E-state index is 5.14. The van der Waals surface area contributed by atoms with Gasteiger partial charge in [0.1, 0.15) is 0 Å². The summed E-state index contributed by atoms with van der Waals surface area (Å²) in [4.78, 5) is 6.90. The minimum absolute atomic E-state index is 0.620. The maximum atomic E-state index is 5.14. The maximum Gasteiger partial charge on any atom is 0.213 e. The molecule has 0 bridgehead atoms. The van der Waals surface area contributed by atoms with Crippen LogP contribution >= 0.6 is 0 Å². The average molecular weight is 235 g/mol. The van der Waals surface area contributed by atoms with Crippen molar-refractivity contribution in [3.8, 4) is 5.88 Å². The van der Waals surface area contributed by atoms with Gasteiger partial charge < -0.3 is 10.1 Å². The Labute approximate surface area is 103 Å². The van der Waals surface area contributed by atoms with Crippen molar-refractivity contribution < 1.29 is 4.74 Å². The van der Waals surface area contributed by atoms with E-state index in [1.807, 2.05) is 19.2 Å². The molecule has 2 heterocycles. The summed E-state index contributed by atoms with van der Waals surface area (Å²) in [5, 5.41) is 3.36. The van der Waals surface area contributed by atoms with Gasteiger partial charge in [-0.25, -0.2) is 4.98 Å². The van der Waals surface area contributed by atoms with Crippen LogP contribution < -0.4 is 10.1 Å². The zero-order valence-corrected chi connectivity index (χ0v) is 10.6. The third-order valence-electron chi connectivity index (χ3n) is 3.29. The Hall–Kier alpha value is -1.13. The molecule has 94 valence electrons. The second kappa shape index (κ2) is 5.98. The van der Waals surface area contributed by atoms with Gasteiger partial charge in [0.15, 0.2) is 0 Å². The first kappa shape index (κ1) is 12.3. The van der Waals surface area contributed by atoms with Crippen LogP contribution in [0.5, 0.6) is 5.88 Å². The van der Waals surface area contributed by atoms with Gasteiger partial charge in [0.25, 0.3) is 0 Å². The van der Waals surface area contributed by atoms with E-state index in [0.29, 0.717) is 11.9 Å².